The van der Waals surface area contributed by atoms with Crippen molar-refractivity contribution in [3.63, 3.8) is 0 Å². The Kier molecular flexibility index (Phi) is 4.74. The Morgan fingerprint density at radius 3 is 2.26 bits per heavy atom. The molecule has 0 unspecified atom stereocenters. The molecule has 0 saturated heterocycles. The first-order valence-corrected chi connectivity index (χ1v) is 8.69. The van der Waals surface area contributed by atoms with Crippen molar-refractivity contribution < 1.29 is 4.79 Å². The summed E-state index contributed by atoms with van der Waals surface area (Å²) in [4.78, 5) is 16.5. The number of hydrogen-bond donors (Lipinski definition) is 1. The lowest BCUT2D eigenvalue weighted by atomic mass is 10.1. The monoisotopic (exact) mass is 354 g/mol. The molecule has 0 saturated carbocycles. The van der Waals surface area contributed by atoms with Gasteiger partial charge in [-0.05, 0) is 36.4 Å². The lowest BCUT2D eigenvalue weighted by Gasteiger charge is -2.05. The molecule has 0 aliphatic carbocycles. The van der Waals surface area contributed by atoms with Gasteiger partial charge >= 0.3 is 0 Å². The van der Waals surface area contributed by atoms with Gasteiger partial charge in [0.1, 0.15) is 0 Å². The highest BCUT2D eigenvalue weighted by atomic mass is 16.1. The van der Waals surface area contributed by atoms with Gasteiger partial charge in [-0.3, -0.25) is 9.78 Å². The highest BCUT2D eigenvalue weighted by molar-refractivity contribution is 5.94. The van der Waals surface area contributed by atoms with Gasteiger partial charge in [-0.25, -0.2) is 4.68 Å². The number of benzene rings is 2. The summed E-state index contributed by atoms with van der Waals surface area (Å²) >= 11 is 0. The number of rotatable bonds is 5. The zero-order valence-electron chi connectivity index (χ0n) is 14.6. The molecule has 4 aromatic rings. The Hall–Kier alpha value is -3.73. The van der Waals surface area contributed by atoms with Crippen LogP contribution in [-0.4, -0.2) is 20.7 Å². The SMILES string of the molecule is O=C(NCc1cn(-c2ccccc2)nc1-c1ccncc1)c1ccccc1. The van der Waals surface area contributed by atoms with Gasteiger partial charge < -0.3 is 5.32 Å². The third-order valence-corrected chi connectivity index (χ3v) is 4.24. The number of nitrogens with one attached hydrogen (secondary N) is 1. The molecule has 1 amide bonds. The number of para-hydroxylation sites is 1. The standard InChI is InChI=1S/C22H18N4O/c27-22(18-7-3-1-4-8-18)24-15-19-16-26(20-9-5-2-6-10-20)25-21(19)17-11-13-23-14-12-17/h1-14,16H,15H2,(H,24,27). The molecule has 0 fully saturated rings. The second kappa shape index (κ2) is 7.66. The first kappa shape index (κ1) is 16.7. The molecule has 5 nitrogen and oxygen atoms in total. The first-order chi connectivity index (χ1) is 13.3. The van der Waals surface area contributed by atoms with Gasteiger partial charge in [0, 0.05) is 41.8 Å². The van der Waals surface area contributed by atoms with Crippen LogP contribution < -0.4 is 5.32 Å². The lowest BCUT2D eigenvalue weighted by molar-refractivity contribution is 0.0951. The third kappa shape index (κ3) is 3.77. The van der Waals surface area contributed by atoms with Crippen LogP contribution >= 0.6 is 0 Å². The molecule has 2 aromatic carbocycles. The molecule has 0 atom stereocenters. The number of pyridine rings is 1. The first-order valence-electron chi connectivity index (χ1n) is 8.69. The van der Waals surface area contributed by atoms with Gasteiger partial charge in [-0.2, -0.15) is 5.10 Å². The molecule has 2 aromatic heterocycles. The second-order valence-electron chi connectivity index (χ2n) is 6.07. The van der Waals surface area contributed by atoms with Gasteiger partial charge in [0.15, 0.2) is 0 Å². The molecular formula is C22H18N4O. The van der Waals surface area contributed by atoms with E-state index >= 15 is 0 Å². The van der Waals surface area contributed by atoms with E-state index in [-0.39, 0.29) is 5.91 Å². The van der Waals surface area contributed by atoms with Crippen molar-refractivity contribution in [1.29, 1.82) is 0 Å². The van der Waals surface area contributed by atoms with Crippen molar-refractivity contribution in [2.75, 3.05) is 0 Å². The molecule has 132 valence electrons. The van der Waals surface area contributed by atoms with Crippen LogP contribution in [0, 0.1) is 0 Å². The van der Waals surface area contributed by atoms with Gasteiger partial charge in [0.2, 0.25) is 0 Å². The van der Waals surface area contributed by atoms with Gasteiger partial charge in [-0.1, -0.05) is 36.4 Å². The summed E-state index contributed by atoms with van der Waals surface area (Å²) in [7, 11) is 0. The van der Waals surface area contributed by atoms with Crippen molar-refractivity contribution in [1.82, 2.24) is 20.1 Å². The fourth-order valence-electron chi connectivity index (χ4n) is 2.87. The molecule has 0 bridgehead atoms. The maximum atomic E-state index is 12.4. The predicted octanol–water partition coefficient (Wildman–Crippen LogP) is 3.86. The minimum Gasteiger partial charge on any atom is -0.348 e. The zero-order chi connectivity index (χ0) is 18.5. The molecule has 4 rings (SSSR count). The van der Waals surface area contributed by atoms with E-state index in [2.05, 4.69) is 10.3 Å². The van der Waals surface area contributed by atoms with Crippen LogP contribution in [0.15, 0.2) is 91.4 Å². The maximum absolute atomic E-state index is 12.4. The number of carbonyl (C=O) groups excluding carboxylic acids is 1. The topological polar surface area (TPSA) is 59.8 Å². The molecular weight excluding hydrogens is 336 g/mol. The molecule has 0 spiro atoms. The quantitative estimate of drug-likeness (QED) is 0.592. The summed E-state index contributed by atoms with van der Waals surface area (Å²) in [5.74, 6) is -0.108. The van der Waals surface area contributed by atoms with E-state index in [4.69, 9.17) is 5.10 Å². The molecule has 0 aliphatic heterocycles. The molecule has 5 heteroatoms. The van der Waals surface area contributed by atoms with Crippen molar-refractivity contribution in [3.05, 3.63) is 103 Å². The number of hydrogen-bond acceptors (Lipinski definition) is 3. The van der Waals surface area contributed by atoms with Gasteiger partial charge in [0.25, 0.3) is 5.91 Å². The normalized spacial score (nSPS) is 10.5. The van der Waals surface area contributed by atoms with Gasteiger partial charge in [0.05, 0.1) is 11.4 Å². The molecule has 0 aliphatic rings. The average Bonchev–Trinajstić information content (AvgIpc) is 3.18. The predicted molar refractivity (Wildman–Crippen MR) is 104 cm³/mol. The Morgan fingerprint density at radius 2 is 1.56 bits per heavy atom. The molecule has 0 radical (unpaired) electrons. The number of aromatic nitrogens is 3. The van der Waals surface area contributed by atoms with Crippen LogP contribution in [0.4, 0.5) is 0 Å². The Balaban J connectivity index is 1.64. The summed E-state index contributed by atoms with van der Waals surface area (Å²) in [6.07, 6.45) is 5.43. The molecule has 27 heavy (non-hydrogen) atoms. The molecule has 2 heterocycles. The van der Waals surface area contributed by atoms with Crippen LogP contribution in [0.1, 0.15) is 15.9 Å². The van der Waals surface area contributed by atoms with Crippen molar-refractivity contribution >= 4 is 5.91 Å². The largest absolute Gasteiger partial charge is 0.348 e. The van der Waals surface area contributed by atoms with E-state index in [0.717, 1.165) is 22.5 Å². The number of carbonyl (C=O) groups is 1. The Labute approximate surface area is 157 Å². The second-order valence-corrected chi connectivity index (χ2v) is 6.07. The summed E-state index contributed by atoms with van der Waals surface area (Å²) in [5.41, 5.74) is 4.33. The summed E-state index contributed by atoms with van der Waals surface area (Å²) in [6.45, 7) is 0.387. The zero-order valence-corrected chi connectivity index (χ0v) is 14.6. The third-order valence-electron chi connectivity index (χ3n) is 4.24. The van der Waals surface area contributed by atoms with Crippen molar-refractivity contribution in [2.45, 2.75) is 6.54 Å². The fraction of sp³-hybridized carbons (Fsp3) is 0.0455. The highest BCUT2D eigenvalue weighted by Gasteiger charge is 2.13. The summed E-state index contributed by atoms with van der Waals surface area (Å²) in [6, 6.07) is 22.9. The number of amides is 1. The van der Waals surface area contributed by atoms with Crippen LogP contribution in [0.2, 0.25) is 0 Å². The van der Waals surface area contributed by atoms with E-state index in [0.29, 0.717) is 12.1 Å². The highest BCUT2D eigenvalue weighted by Crippen LogP contribution is 2.23. The van der Waals surface area contributed by atoms with Crippen molar-refractivity contribution in [2.24, 2.45) is 0 Å². The van der Waals surface area contributed by atoms with Gasteiger partial charge in [-0.15, -0.1) is 0 Å². The summed E-state index contributed by atoms with van der Waals surface area (Å²) in [5, 5.41) is 7.72. The van der Waals surface area contributed by atoms with Crippen molar-refractivity contribution in [3.8, 4) is 16.9 Å². The van der Waals surface area contributed by atoms with E-state index in [9.17, 15) is 4.79 Å². The minimum atomic E-state index is -0.108. The average molecular weight is 354 g/mol. The maximum Gasteiger partial charge on any atom is 0.251 e. The van der Waals surface area contributed by atoms with Crippen LogP contribution in [0.3, 0.4) is 0 Å². The van der Waals surface area contributed by atoms with E-state index < -0.39 is 0 Å². The van der Waals surface area contributed by atoms with Crippen LogP contribution in [0.5, 0.6) is 0 Å². The smallest absolute Gasteiger partial charge is 0.251 e. The lowest BCUT2D eigenvalue weighted by Crippen LogP contribution is -2.22. The summed E-state index contributed by atoms with van der Waals surface area (Å²) < 4.78 is 1.83. The van der Waals surface area contributed by atoms with Crippen LogP contribution in [-0.2, 0) is 6.54 Å². The van der Waals surface area contributed by atoms with E-state index in [1.54, 1.807) is 24.5 Å². The Bertz CT molecular complexity index is 1030. The van der Waals surface area contributed by atoms with Crippen LogP contribution in [0.25, 0.3) is 16.9 Å². The Morgan fingerprint density at radius 1 is 0.889 bits per heavy atom. The molecule has 1 N–H and O–H groups in total. The number of nitrogens with zero attached hydrogens (tertiary/aromatic N) is 3. The van der Waals surface area contributed by atoms with E-state index in [1.165, 1.54) is 0 Å². The van der Waals surface area contributed by atoms with E-state index in [1.807, 2.05) is 71.5 Å². The fourth-order valence-corrected chi connectivity index (χ4v) is 2.87. The minimum absolute atomic E-state index is 0.108.